The molecule has 0 saturated carbocycles. The van der Waals surface area contributed by atoms with Gasteiger partial charge in [-0.05, 0) is 26.8 Å². The third kappa shape index (κ3) is 4.00. The van der Waals surface area contributed by atoms with Gasteiger partial charge in [0.15, 0.2) is 0 Å². The van der Waals surface area contributed by atoms with E-state index in [2.05, 4.69) is 30.6 Å². The Balaban J connectivity index is 1.80. The van der Waals surface area contributed by atoms with E-state index in [0.29, 0.717) is 27.8 Å². The largest absolute Gasteiger partial charge is 0.444 e. The van der Waals surface area contributed by atoms with Crippen LogP contribution >= 0.6 is 0 Å². The molecule has 0 saturated heterocycles. The van der Waals surface area contributed by atoms with Gasteiger partial charge in [-0.2, -0.15) is 0 Å². The fourth-order valence-corrected chi connectivity index (χ4v) is 2.31. The predicted octanol–water partition coefficient (Wildman–Crippen LogP) is 2.04. The third-order valence-electron chi connectivity index (χ3n) is 3.25. The molecule has 26 heavy (non-hydrogen) atoms. The number of nitrogens with zero attached hydrogens (tertiary/aromatic N) is 4. The first-order valence-electron chi connectivity index (χ1n) is 7.94. The van der Waals surface area contributed by atoms with Crippen LogP contribution in [0.1, 0.15) is 20.8 Å². The van der Waals surface area contributed by atoms with Crippen molar-refractivity contribution >= 4 is 39.8 Å². The first-order chi connectivity index (χ1) is 12.3. The van der Waals surface area contributed by atoms with Crippen LogP contribution in [0.15, 0.2) is 30.9 Å². The Hall–Kier alpha value is -3.36. The first kappa shape index (κ1) is 17.5. The molecule has 9 heteroatoms. The van der Waals surface area contributed by atoms with E-state index >= 15 is 0 Å². The van der Waals surface area contributed by atoms with Gasteiger partial charge < -0.3 is 15.4 Å². The van der Waals surface area contributed by atoms with Gasteiger partial charge in [-0.1, -0.05) is 0 Å². The summed E-state index contributed by atoms with van der Waals surface area (Å²) in [5.74, 6) is -0.425. The molecule has 0 radical (unpaired) electrons. The minimum atomic E-state index is -0.665. The number of amides is 2. The summed E-state index contributed by atoms with van der Waals surface area (Å²) in [5.41, 5.74) is 2.01. The maximum atomic E-state index is 12.2. The highest BCUT2D eigenvalue weighted by Gasteiger charge is 2.17. The number of carbonyl (C=O) groups excluding carboxylic acids is 2. The molecule has 0 aliphatic carbocycles. The highest BCUT2D eigenvalue weighted by molar-refractivity contribution is 6.09. The van der Waals surface area contributed by atoms with Gasteiger partial charge >= 0.3 is 6.09 Å². The second-order valence-corrected chi connectivity index (χ2v) is 6.51. The second-order valence-electron chi connectivity index (χ2n) is 6.51. The molecular formula is C17H18N6O3. The Morgan fingerprint density at radius 1 is 0.962 bits per heavy atom. The number of ether oxygens (including phenoxy) is 1. The minimum Gasteiger partial charge on any atom is -0.444 e. The lowest BCUT2D eigenvalue weighted by Gasteiger charge is -2.19. The molecular weight excluding hydrogens is 336 g/mol. The number of hydrogen-bond donors (Lipinski definition) is 2. The van der Waals surface area contributed by atoms with Gasteiger partial charge in [-0.15, -0.1) is 0 Å². The lowest BCUT2D eigenvalue weighted by Crippen LogP contribution is -2.37. The van der Waals surface area contributed by atoms with E-state index in [4.69, 9.17) is 4.74 Å². The molecule has 0 spiro atoms. The van der Waals surface area contributed by atoms with Crippen molar-refractivity contribution in [1.29, 1.82) is 0 Å². The smallest absolute Gasteiger partial charge is 0.408 e. The van der Waals surface area contributed by atoms with Crippen molar-refractivity contribution in [2.75, 3.05) is 11.9 Å². The standard InChI is InChI=1S/C17H18N6O3/c1-17(2,3)26-16(25)22-9-12(24)23-11-8-10-13(19-5-4-18-10)15-14(11)20-6-7-21-15/h4-8H,9H2,1-3H3,(H,22,25)(H,23,24). The van der Waals surface area contributed by atoms with Crippen molar-refractivity contribution in [1.82, 2.24) is 25.3 Å². The summed E-state index contributed by atoms with van der Waals surface area (Å²) < 4.78 is 5.10. The van der Waals surface area contributed by atoms with E-state index in [9.17, 15) is 9.59 Å². The van der Waals surface area contributed by atoms with Crippen LogP contribution in [-0.2, 0) is 9.53 Å². The molecule has 2 aromatic heterocycles. The summed E-state index contributed by atoms with van der Waals surface area (Å²) in [6.07, 6.45) is 5.53. The molecule has 0 bridgehead atoms. The Morgan fingerprint density at radius 3 is 2.27 bits per heavy atom. The topological polar surface area (TPSA) is 119 Å². The van der Waals surface area contributed by atoms with Gasteiger partial charge in [0.1, 0.15) is 28.7 Å². The van der Waals surface area contributed by atoms with Crippen molar-refractivity contribution in [3.05, 3.63) is 30.9 Å². The van der Waals surface area contributed by atoms with Gasteiger partial charge in [0.2, 0.25) is 5.91 Å². The normalized spacial score (nSPS) is 11.3. The Morgan fingerprint density at radius 2 is 1.58 bits per heavy atom. The maximum Gasteiger partial charge on any atom is 0.408 e. The third-order valence-corrected chi connectivity index (χ3v) is 3.25. The molecule has 0 aliphatic rings. The molecule has 0 aliphatic heterocycles. The van der Waals surface area contributed by atoms with Gasteiger partial charge in [0, 0.05) is 24.8 Å². The molecule has 1 aromatic carbocycles. The summed E-state index contributed by atoms with van der Waals surface area (Å²) in [7, 11) is 0. The van der Waals surface area contributed by atoms with Crippen LogP contribution < -0.4 is 10.6 Å². The second kappa shape index (κ2) is 6.87. The van der Waals surface area contributed by atoms with E-state index in [-0.39, 0.29) is 6.54 Å². The quantitative estimate of drug-likeness (QED) is 0.691. The van der Waals surface area contributed by atoms with Gasteiger partial charge in [-0.25, -0.2) is 4.79 Å². The van der Waals surface area contributed by atoms with Crippen LogP contribution in [0, 0.1) is 0 Å². The summed E-state index contributed by atoms with van der Waals surface area (Å²) in [6.45, 7) is 4.99. The van der Waals surface area contributed by atoms with E-state index in [0.717, 1.165) is 0 Å². The zero-order chi connectivity index (χ0) is 18.7. The van der Waals surface area contributed by atoms with Gasteiger partial charge in [0.25, 0.3) is 0 Å². The number of hydrogen-bond acceptors (Lipinski definition) is 7. The molecule has 0 unspecified atom stereocenters. The zero-order valence-corrected chi connectivity index (χ0v) is 14.6. The zero-order valence-electron chi connectivity index (χ0n) is 14.6. The first-order valence-corrected chi connectivity index (χ1v) is 7.94. The Labute approximate surface area is 149 Å². The number of benzene rings is 1. The SMILES string of the molecule is CC(C)(C)OC(=O)NCC(=O)Nc1cc2nccnc2c2nccnc12. The predicted molar refractivity (Wildman–Crippen MR) is 95.5 cm³/mol. The number of aromatic nitrogens is 4. The number of fused-ring (bicyclic) bond motifs is 3. The van der Waals surface area contributed by atoms with Crippen molar-refractivity contribution in [3.63, 3.8) is 0 Å². The van der Waals surface area contributed by atoms with Crippen LogP contribution in [-0.4, -0.2) is 44.1 Å². The molecule has 0 atom stereocenters. The highest BCUT2D eigenvalue weighted by Crippen LogP contribution is 2.26. The Kier molecular flexibility index (Phi) is 4.61. The van der Waals surface area contributed by atoms with E-state index < -0.39 is 17.6 Å². The summed E-state index contributed by atoms with van der Waals surface area (Å²) in [4.78, 5) is 40.9. The minimum absolute atomic E-state index is 0.241. The number of rotatable bonds is 3. The number of alkyl carbamates (subject to hydrolysis) is 1. The fourth-order valence-electron chi connectivity index (χ4n) is 2.31. The average Bonchev–Trinajstić information content (AvgIpc) is 2.59. The van der Waals surface area contributed by atoms with Crippen LogP contribution in [0.5, 0.6) is 0 Å². The Bertz CT molecular complexity index is 983. The maximum absolute atomic E-state index is 12.2. The highest BCUT2D eigenvalue weighted by atomic mass is 16.6. The van der Waals surface area contributed by atoms with Crippen LogP contribution in [0.3, 0.4) is 0 Å². The van der Waals surface area contributed by atoms with Gasteiger partial charge in [0.05, 0.1) is 11.2 Å². The monoisotopic (exact) mass is 354 g/mol. The molecule has 2 heterocycles. The summed E-state index contributed by atoms with van der Waals surface area (Å²) in [5, 5.41) is 5.12. The molecule has 0 fully saturated rings. The van der Waals surface area contributed by atoms with Crippen molar-refractivity contribution in [2.24, 2.45) is 0 Å². The van der Waals surface area contributed by atoms with E-state index in [1.807, 2.05) is 0 Å². The average molecular weight is 354 g/mol. The summed E-state index contributed by atoms with van der Waals surface area (Å²) in [6, 6.07) is 1.67. The molecule has 2 N–H and O–H groups in total. The molecule has 134 valence electrons. The van der Waals surface area contributed by atoms with Crippen molar-refractivity contribution in [3.8, 4) is 0 Å². The van der Waals surface area contributed by atoms with Gasteiger partial charge in [-0.3, -0.25) is 24.7 Å². The van der Waals surface area contributed by atoms with E-state index in [1.165, 1.54) is 6.20 Å². The lowest BCUT2D eigenvalue weighted by molar-refractivity contribution is -0.115. The van der Waals surface area contributed by atoms with Crippen molar-refractivity contribution < 1.29 is 14.3 Å². The molecule has 3 rings (SSSR count). The summed E-state index contributed by atoms with van der Waals surface area (Å²) >= 11 is 0. The number of carbonyl (C=O) groups is 2. The van der Waals surface area contributed by atoms with Crippen LogP contribution in [0.4, 0.5) is 10.5 Å². The number of anilines is 1. The fraction of sp³-hybridized carbons (Fsp3) is 0.294. The molecule has 3 aromatic rings. The van der Waals surface area contributed by atoms with Crippen LogP contribution in [0.25, 0.3) is 22.1 Å². The van der Waals surface area contributed by atoms with Crippen molar-refractivity contribution in [2.45, 2.75) is 26.4 Å². The molecule has 9 nitrogen and oxygen atoms in total. The molecule has 2 amide bonds. The number of nitrogens with one attached hydrogen (secondary N) is 2. The van der Waals surface area contributed by atoms with E-state index in [1.54, 1.807) is 45.4 Å². The van der Waals surface area contributed by atoms with Crippen LogP contribution in [0.2, 0.25) is 0 Å². The lowest BCUT2D eigenvalue weighted by atomic mass is 10.2.